The molecule has 0 unspecified atom stereocenters. The van der Waals surface area contributed by atoms with Gasteiger partial charge < -0.3 is 14.6 Å². The zero-order chi connectivity index (χ0) is 22.6. The Morgan fingerprint density at radius 3 is 2.32 bits per heavy atom. The van der Waals surface area contributed by atoms with E-state index in [0.29, 0.717) is 5.75 Å². The van der Waals surface area contributed by atoms with E-state index in [1.807, 2.05) is 0 Å². The predicted octanol–water partition coefficient (Wildman–Crippen LogP) is 3.89. The molecule has 31 heavy (non-hydrogen) atoms. The van der Waals surface area contributed by atoms with Crippen LogP contribution >= 0.6 is 0 Å². The maximum Gasteiger partial charge on any atom is 0.335 e. The summed E-state index contributed by atoms with van der Waals surface area (Å²) in [5.74, 6) is -0.939. The first-order chi connectivity index (χ1) is 14.7. The Morgan fingerprint density at radius 2 is 1.71 bits per heavy atom. The molecule has 0 bridgehead atoms. The van der Waals surface area contributed by atoms with Crippen molar-refractivity contribution in [3.63, 3.8) is 0 Å². The van der Waals surface area contributed by atoms with Gasteiger partial charge in [-0.1, -0.05) is 18.2 Å². The van der Waals surface area contributed by atoms with Crippen molar-refractivity contribution in [3.05, 3.63) is 82.4 Å². The summed E-state index contributed by atoms with van der Waals surface area (Å²) in [5, 5.41) is 20.5. The lowest BCUT2D eigenvalue weighted by Gasteiger charge is -2.14. The Kier molecular flexibility index (Phi) is 6.07. The number of nitrogens with one attached hydrogen (secondary N) is 1. The number of carbonyl (C=O) groups is 1. The Bertz CT molecular complexity index is 1240. The SMILES string of the molecule is COc1ccc(S(=O)(=O)Nc2cc(C(=O)O)ccc2Oc2ccccc2)cc1[N+](=O)[O-]. The Labute approximate surface area is 176 Å². The highest BCUT2D eigenvalue weighted by atomic mass is 32.2. The van der Waals surface area contributed by atoms with Gasteiger partial charge in [0, 0.05) is 6.07 Å². The maximum atomic E-state index is 12.9. The average molecular weight is 444 g/mol. The molecule has 3 aromatic carbocycles. The number of methoxy groups -OCH3 is 1. The van der Waals surface area contributed by atoms with Gasteiger partial charge in [0.25, 0.3) is 10.0 Å². The van der Waals surface area contributed by atoms with Crippen molar-refractivity contribution >= 4 is 27.4 Å². The number of carboxylic acid groups (broad SMARTS) is 1. The Hall–Kier alpha value is -4.12. The molecule has 160 valence electrons. The number of carboxylic acids is 1. The second-order valence-electron chi connectivity index (χ2n) is 6.13. The van der Waals surface area contributed by atoms with Gasteiger partial charge in [0.05, 0.1) is 28.2 Å². The van der Waals surface area contributed by atoms with Crippen LogP contribution < -0.4 is 14.2 Å². The van der Waals surface area contributed by atoms with Crippen LogP contribution in [0.1, 0.15) is 10.4 Å². The lowest BCUT2D eigenvalue weighted by atomic mass is 10.2. The van der Waals surface area contributed by atoms with Crippen LogP contribution in [-0.2, 0) is 10.0 Å². The minimum atomic E-state index is -4.33. The van der Waals surface area contributed by atoms with Crippen LogP contribution in [0.2, 0.25) is 0 Å². The normalized spacial score (nSPS) is 10.9. The average Bonchev–Trinajstić information content (AvgIpc) is 2.74. The van der Waals surface area contributed by atoms with Crippen LogP contribution in [0.3, 0.4) is 0 Å². The first-order valence-electron chi connectivity index (χ1n) is 8.67. The molecular weight excluding hydrogens is 428 g/mol. The molecule has 0 saturated heterocycles. The molecule has 0 atom stereocenters. The monoisotopic (exact) mass is 444 g/mol. The number of sulfonamides is 1. The molecule has 0 aliphatic carbocycles. The van der Waals surface area contributed by atoms with E-state index in [4.69, 9.17) is 9.47 Å². The van der Waals surface area contributed by atoms with Crippen molar-refractivity contribution in [2.75, 3.05) is 11.8 Å². The highest BCUT2D eigenvalue weighted by Crippen LogP contribution is 2.34. The molecule has 0 aliphatic heterocycles. The summed E-state index contributed by atoms with van der Waals surface area (Å²) in [6.45, 7) is 0. The summed E-state index contributed by atoms with van der Waals surface area (Å²) < 4.78 is 38.6. The second kappa shape index (κ2) is 8.71. The van der Waals surface area contributed by atoms with Crippen LogP contribution in [0.4, 0.5) is 11.4 Å². The topological polar surface area (TPSA) is 145 Å². The third-order valence-corrected chi connectivity index (χ3v) is 5.46. The molecule has 11 heteroatoms. The van der Waals surface area contributed by atoms with Gasteiger partial charge in [0.2, 0.25) is 0 Å². The standard InChI is InChI=1S/C20H16N2O8S/c1-29-19-10-8-15(12-17(19)22(25)26)31(27,28)21-16-11-13(20(23)24)7-9-18(16)30-14-5-3-2-4-6-14/h2-12,21H,1H3,(H,23,24). The molecule has 0 radical (unpaired) electrons. The van der Waals surface area contributed by atoms with Gasteiger partial charge in [-0.15, -0.1) is 0 Å². The molecule has 0 aliphatic rings. The van der Waals surface area contributed by atoms with Gasteiger partial charge in [-0.3, -0.25) is 14.8 Å². The fourth-order valence-corrected chi connectivity index (χ4v) is 3.71. The summed E-state index contributed by atoms with van der Waals surface area (Å²) in [5.41, 5.74) is -0.869. The van der Waals surface area contributed by atoms with Gasteiger partial charge in [-0.25, -0.2) is 13.2 Å². The number of hydrogen-bond donors (Lipinski definition) is 2. The van der Waals surface area contributed by atoms with Crippen LogP contribution in [0.5, 0.6) is 17.2 Å². The summed E-state index contributed by atoms with van der Waals surface area (Å²) in [6, 6.07) is 15.3. The number of hydrogen-bond acceptors (Lipinski definition) is 7. The fraction of sp³-hybridized carbons (Fsp3) is 0.0500. The molecule has 10 nitrogen and oxygen atoms in total. The second-order valence-corrected chi connectivity index (χ2v) is 7.81. The summed E-state index contributed by atoms with van der Waals surface area (Å²) in [7, 11) is -3.11. The van der Waals surface area contributed by atoms with E-state index >= 15 is 0 Å². The number of nitrogens with zero attached hydrogens (tertiary/aromatic N) is 1. The number of aromatic carboxylic acids is 1. The van der Waals surface area contributed by atoms with Crippen molar-refractivity contribution in [3.8, 4) is 17.2 Å². The highest BCUT2D eigenvalue weighted by molar-refractivity contribution is 7.92. The molecule has 0 saturated carbocycles. The first kappa shape index (κ1) is 21.6. The molecule has 3 rings (SSSR count). The number of benzene rings is 3. The third-order valence-electron chi connectivity index (χ3n) is 4.10. The van der Waals surface area contributed by atoms with Gasteiger partial charge in [-0.2, -0.15) is 0 Å². The van der Waals surface area contributed by atoms with Crippen molar-refractivity contribution in [1.29, 1.82) is 0 Å². The van der Waals surface area contributed by atoms with Crippen LogP contribution in [0, 0.1) is 10.1 Å². The van der Waals surface area contributed by atoms with Gasteiger partial charge in [0.1, 0.15) is 5.75 Å². The maximum absolute atomic E-state index is 12.9. The summed E-state index contributed by atoms with van der Waals surface area (Å²) in [6.07, 6.45) is 0. The lowest BCUT2D eigenvalue weighted by molar-refractivity contribution is -0.386. The molecule has 0 fully saturated rings. The quantitative estimate of drug-likeness (QED) is 0.393. The minimum Gasteiger partial charge on any atom is -0.490 e. The molecule has 0 aromatic heterocycles. The fourth-order valence-electron chi connectivity index (χ4n) is 2.63. The van der Waals surface area contributed by atoms with Gasteiger partial charge >= 0.3 is 11.7 Å². The van der Waals surface area contributed by atoms with E-state index < -0.39 is 31.5 Å². The summed E-state index contributed by atoms with van der Waals surface area (Å²) in [4.78, 5) is 21.4. The summed E-state index contributed by atoms with van der Waals surface area (Å²) >= 11 is 0. The van der Waals surface area contributed by atoms with E-state index in [1.165, 1.54) is 19.2 Å². The number of ether oxygens (including phenoxy) is 2. The van der Waals surface area contributed by atoms with Gasteiger partial charge in [0.15, 0.2) is 11.5 Å². The third kappa shape index (κ3) is 4.90. The zero-order valence-corrected chi connectivity index (χ0v) is 16.8. The van der Waals surface area contributed by atoms with Crippen LogP contribution in [0.25, 0.3) is 0 Å². The Morgan fingerprint density at radius 1 is 1.03 bits per heavy atom. The van der Waals surface area contributed by atoms with Crippen molar-refractivity contribution in [1.82, 2.24) is 0 Å². The number of nitro groups is 1. The van der Waals surface area contributed by atoms with Crippen molar-refractivity contribution < 1.29 is 32.7 Å². The molecule has 0 heterocycles. The number of para-hydroxylation sites is 1. The van der Waals surface area contributed by atoms with E-state index in [1.54, 1.807) is 30.3 Å². The zero-order valence-electron chi connectivity index (χ0n) is 16.0. The molecule has 2 N–H and O–H groups in total. The van der Waals surface area contributed by atoms with Crippen LogP contribution in [0.15, 0.2) is 71.6 Å². The largest absolute Gasteiger partial charge is 0.490 e. The van der Waals surface area contributed by atoms with E-state index in [9.17, 15) is 28.4 Å². The predicted molar refractivity (Wildman–Crippen MR) is 110 cm³/mol. The minimum absolute atomic E-state index is 0.0442. The van der Waals surface area contributed by atoms with Gasteiger partial charge in [-0.05, 0) is 42.5 Å². The number of rotatable bonds is 8. The molecular formula is C20H16N2O8S. The van der Waals surface area contributed by atoms with E-state index in [-0.39, 0.29) is 22.7 Å². The Balaban J connectivity index is 2.03. The lowest BCUT2D eigenvalue weighted by Crippen LogP contribution is -2.14. The van der Waals surface area contributed by atoms with Crippen molar-refractivity contribution in [2.45, 2.75) is 4.90 Å². The smallest absolute Gasteiger partial charge is 0.335 e. The number of anilines is 1. The number of nitro benzene ring substituents is 1. The first-order valence-corrected chi connectivity index (χ1v) is 10.1. The van der Waals surface area contributed by atoms with Crippen molar-refractivity contribution in [2.24, 2.45) is 0 Å². The van der Waals surface area contributed by atoms with E-state index in [2.05, 4.69) is 4.72 Å². The van der Waals surface area contributed by atoms with E-state index in [0.717, 1.165) is 24.3 Å². The molecule has 0 amide bonds. The highest BCUT2D eigenvalue weighted by Gasteiger charge is 2.24. The molecule has 3 aromatic rings. The molecule has 0 spiro atoms. The van der Waals surface area contributed by atoms with Crippen LogP contribution in [-0.4, -0.2) is 31.5 Å².